The molecule has 0 saturated carbocycles. The van der Waals surface area contributed by atoms with Crippen molar-refractivity contribution in [2.24, 2.45) is 5.92 Å². The molecule has 2 heterocycles. The molecule has 10 nitrogen and oxygen atoms in total. The molecule has 10 heteroatoms. The van der Waals surface area contributed by atoms with Gasteiger partial charge in [-0.15, -0.1) is 0 Å². The summed E-state index contributed by atoms with van der Waals surface area (Å²) in [6.07, 6.45) is 6.45. The number of esters is 1. The van der Waals surface area contributed by atoms with Crippen LogP contribution in [0, 0.1) is 17.2 Å². The Bertz CT molecular complexity index is 1150. The molecule has 0 bridgehead atoms. The van der Waals surface area contributed by atoms with Gasteiger partial charge in [0.15, 0.2) is 0 Å². The fourth-order valence-corrected chi connectivity index (χ4v) is 3.88. The maximum absolute atomic E-state index is 12.6. The minimum atomic E-state index is -0.720. The van der Waals surface area contributed by atoms with Gasteiger partial charge in [0.2, 0.25) is 11.8 Å². The number of ether oxygens (including phenoxy) is 2. The molecule has 0 atom stereocenters. The number of anilines is 1. The zero-order valence-electron chi connectivity index (χ0n) is 20.3. The zero-order chi connectivity index (χ0) is 25.9. The Hall–Kier alpha value is -4.39. The highest BCUT2D eigenvalue weighted by Gasteiger charge is 2.25. The topological polar surface area (TPSA) is 134 Å². The van der Waals surface area contributed by atoms with Crippen LogP contribution in [0.3, 0.4) is 0 Å². The van der Waals surface area contributed by atoms with Crippen LogP contribution in [0.2, 0.25) is 0 Å². The van der Waals surface area contributed by atoms with E-state index in [1.54, 1.807) is 24.5 Å². The van der Waals surface area contributed by atoms with Crippen molar-refractivity contribution >= 4 is 29.5 Å². The first-order chi connectivity index (χ1) is 17.4. The molecule has 1 aromatic carbocycles. The third-order valence-corrected chi connectivity index (χ3v) is 5.71. The minimum absolute atomic E-state index is 0.0162. The van der Waals surface area contributed by atoms with Crippen LogP contribution in [0.1, 0.15) is 30.9 Å². The Labute approximate surface area is 209 Å². The number of amides is 2. The number of hydrogen-bond acceptors (Lipinski definition) is 8. The van der Waals surface area contributed by atoms with Gasteiger partial charge in [0, 0.05) is 49.6 Å². The SMILES string of the molecule is COC(=O)/C(=C\c1ccc(C#N)cc1OCCNC(=O)C1CCN(c2ccncc2)CC1)NC(C)=O. The molecule has 0 aliphatic carbocycles. The first-order valence-corrected chi connectivity index (χ1v) is 11.6. The number of methoxy groups -OCH3 is 1. The van der Waals surface area contributed by atoms with Crippen LogP contribution in [0.5, 0.6) is 5.75 Å². The number of carbonyl (C=O) groups excluding carboxylic acids is 3. The number of aromatic nitrogens is 1. The van der Waals surface area contributed by atoms with E-state index in [0.29, 0.717) is 16.9 Å². The molecule has 188 valence electrons. The molecule has 1 aliphatic rings. The summed E-state index contributed by atoms with van der Waals surface area (Å²) in [5, 5.41) is 14.6. The highest BCUT2D eigenvalue weighted by molar-refractivity contribution is 5.97. The Morgan fingerprint density at radius 1 is 1.19 bits per heavy atom. The molecule has 1 fully saturated rings. The molecule has 0 radical (unpaired) electrons. The van der Waals surface area contributed by atoms with Crippen molar-refractivity contribution < 1.29 is 23.9 Å². The monoisotopic (exact) mass is 491 g/mol. The lowest BCUT2D eigenvalue weighted by Crippen LogP contribution is -2.41. The molecule has 36 heavy (non-hydrogen) atoms. The summed E-state index contributed by atoms with van der Waals surface area (Å²) in [5.74, 6) is -0.901. The summed E-state index contributed by atoms with van der Waals surface area (Å²) < 4.78 is 10.5. The first kappa shape index (κ1) is 26.2. The number of rotatable bonds is 9. The maximum atomic E-state index is 12.6. The fraction of sp³-hybridized carbons (Fsp3) is 0.346. The van der Waals surface area contributed by atoms with Gasteiger partial charge >= 0.3 is 5.97 Å². The zero-order valence-corrected chi connectivity index (χ0v) is 20.3. The number of hydrogen-bond donors (Lipinski definition) is 2. The van der Waals surface area contributed by atoms with Crippen molar-refractivity contribution in [1.82, 2.24) is 15.6 Å². The number of carbonyl (C=O) groups is 3. The fourth-order valence-electron chi connectivity index (χ4n) is 3.88. The van der Waals surface area contributed by atoms with E-state index in [2.05, 4.69) is 20.5 Å². The standard InChI is InChI=1S/C26H29N5O5/c1-18(32)30-23(26(34)35-2)16-21-4-3-19(17-27)15-24(21)36-14-11-29-25(33)20-7-12-31(13-8-20)22-5-9-28-10-6-22/h3-6,9-10,15-16,20H,7-8,11-14H2,1-2H3,(H,29,33)(H,30,32)/b23-16+. The Kier molecular flexibility index (Phi) is 9.40. The lowest BCUT2D eigenvalue weighted by molar-refractivity contribution is -0.137. The number of benzene rings is 1. The highest BCUT2D eigenvalue weighted by atomic mass is 16.5. The Balaban J connectivity index is 1.56. The quantitative estimate of drug-likeness (QED) is 0.309. The Morgan fingerprint density at radius 2 is 1.92 bits per heavy atom. The van der Waals surface area contributed by atoms with E-state index in [4.69, 9.17) is 9.47 Å². The average molecular weight is 492 g/mol. The largest absolute Gasteiger partial charge is 0.491 e. The van der Waals surface area contributed by atoms with Gasteiger partial charge in [0.1, 0.15) is 18.1 Å². The molecular formula is C26H29N5O5. The highest BCUT2D eigenvalue weighted by Crippen LogP contribution is 2.24. The van der Waals surface area contributed by atoms with Crippen molar-refractivity contribution in [2.45, 2.75) is 19.8 Å². The third kappa shape index (κ3) is 7.30. The van der Waals surface area contributed by atoms with E-state index in [1.165, 1.54) is 26.2 Å². The second-order valence-corrected chi connectivity index (χ2v) is 8.20. The summed E-state index contributed by atoms with van der Waals surface area (Å²) in [6.45, 7) is 3.31. The molecule has 3 rings (SSSR count). The lowest BCUT2D eigenvalue weighted by Gasteiger charge is -2.32. The molecule has 0 unspecified atom stereocenters. The van der Waals surface area contributed by atoms with Crippen LogP contribution >= 0.6 is 0 Å². The Morgan fingerprint density at radius 3 is 2.56 bits per heavy atom. The van der Waals surface area contributed by atoms with E-state index >= 15 is 0 Å². The third-order valence-electron chi connectivity index (χ3n) is 5.71. The van der Waals surface area contributed by atoms with Crippen molar-refractivity contribution in [1.29, 1.82) is 5.26 Å². The van der Waals surface area contributed by atoms with Crippen LogP contribution in [-0.2, 0) is 19.1 Å². The van der Waals surface area contributed by atoms with Gasteiger partial charge in [-0.25, -0.2) is 4.79 Å². The van der Waals surface area contributed by atoms with Crippen LogP contribution in [0.25, 0.3) is 6.08 Å². The molecule has 2 amide bonds. The summed E-state index contributed by atoms with van der Waals surface area (Å²) in [7, 11) is 1.21. The van der Waals surface area contributed by atoms with Gasteiger partial charge in [-0.05, 0) is 49.2 Å². The van der Waals surface area contributed by atoms with E-state index in [9.17, 15) is 19.6 Å². The number of pyridine rings is 1. The van der Waals surface area contributed by atoms with Crippen molar-refractivity contribution in [3.05, 3.63) is 59.5 Å². The van der Waals surface area contributed by atoms with E-state index < -0.39 is 11.9 Å². The molecule has 0 spiro atoms. The molecular weight excluding hydrogens is 462 g/mol. The first-order valence-electron chi connectivity index (χ1n) is 11.6. The molecule has 2 aromatic rings. The van der Waals surface area contributed by atoms with Gasteiger partial charge in [-0.2, -0.15) is 5.26 Å². The number of nitriles is 1. The van der Waals surface area contributed by atoms with E-state index in [-0.39, 0.29) is 30.7 Å². The van der Waals surface area contributed by atoms with Crippen LogP contribution < -0.4 is 20.3 Å². The molecule has 1 saturated heterocycles. The number of nitrogens with one attached hydrogen (secondary N) is 2. The van der Waals surface area contributed by atoms with Crippen molar-refractivity contribution in [2.75, 3.05) is 38.3 Å². The predicted octanol–water partition coefficient (Wildman–Crippen LogP) is 2.01. The normalized spacial score (nSPS) is 13.9. The summed E-state index contributed by atoms with van der Waals surface area (Å²) in [6, 6.07) is 10.7. The smallest absolute Gasteiger partial charge is 0.354 e. The maximum Gasteiger partial charge on any atom is 0.354 e. The summed E-state index contributed by atoms with van der Waals surface area (Å²) in [4.78, 5) is 42.4. The number of piperidine rings is 1. The predicted molar refractivity (Wildman–Crippen MR) is 133 cm³/mol. The van der Waals surface area contributed by atoms with Gasteiger partial charge < -0.3 is 25.0 Å². The second kappa shape index (κ2) is 12.9. The van der Waals surface area contributed by atoms with Gasteiger partial charge in [-0.3, -0.25) is 14.6 Å². The van der Waals surface area contributed by atoms with Gasteiger partial charge in [-0.1, -0.05) is 0 Å². The van der Waals surface area contributed by atoms with Crippen LogP contribution in [0.15, 0.2) is 48.4 Å². The molecule has 2 N–H and O–H groups in total. The van der Waals surface area contributed by atoms with Crippen LogP contribution in [0.4, 0.5) is 5.69 Å². The van der Waals surface area contributed by atoms with Gasteiger partial charge in [0.25, 0.3) is 0 Å². The summed E-state index contributed by atoms with van der Waals surface area (Å²) in [5.41, 5.74) is 1.88. The van der Waals surface area contributed by atoms with Gasteiger partial charge in [0.05, 0.1) is 25.3 Å². The molecule has 1 aromatic heterocycles. The summed E-state index contributed by atoms with van der Waals surface area (Å²) >= 11 is 0. The average Bonchev–Trinajstić information content (AvgIpc) is 2.91. The lowest BCUT2D eigenvalue weighted by atomic mass is 9.95. The number of nitrogens with zero attached hydrogens (tertiary/aromatic N) is 3. The second-order valence-electron chi connectivity index (χ2n) is 8.20. The van der Waals surface area contributed by atoms with Crippen LogP contribution in [-0.4, -0.2) is 56.1 Å². The van der Waals surface area contributed by atoms with E-state index in [1.807, 2.05) is 18.2 Å². The minimum Gasteiger partial charge on any atom is -0.491 e. The van der Waals surface area contributed by atoms with Crippen molar-refractivity contribution in [3.8, 4) is 11.8 Å². The van der Waals surface area contributed by atoms with Crippen molar-refractivity contribution in [3.63, 3.8) is 0 Å². The van der Waals surface area contributed by atoms with E-state index in [0.717, 1.165) is 31.6 Å². The molecule has 1 aliphatic heterocycles.